The van der Waals surface area contributed by atoms with E-state index >= 15 is 0 Å². The minimum Gasteiger partial charge on any atom is -0.338 e. The van der Waals surface area contributed by atoms with E-state index in [9.17, 15) is 9.59 Å². The van der Waals surface area contributed by atoms with Crippen LogP contribution in [0.25, 0.3) is 10.9 Å². The Bertz CT molecular complexity index is 1210. The molecule has 2 N–H and O–H groups in total. The zero-order valence-electron chi connectivity index (χ0n) is 18.4. The van der Waals surface area contributed by atoms with E-state index in [0.29, 0.717) is 23.8 Å². The maximum absolute atomic E-state index is 12.8. The van der Waals surface area contributed by atoms with Gasteiger partial charge in [-0.2, -0.15) is 5.10 Å². The van der Waals surface area contributed by atoms with Gasteiger partial charge in [0.05, 0.1) is 11.6 Å². The number of carbonyl (C=O) groups is 1. The van der Waals surface area contributed by atoms with Crippen LogP contribution in [0.3, 0.4) is 0 Å². The summed E-state index contributed by atoms with van der Waals surface area (Å²) < 4.78 is 2.03. The van der Waals surface area contributed by atoms with Crippen LogP contribution in [-0.2, 0) is 6.54 Å². The Labute approximate surface area is 181 Å². The average molecular weight is 420 g/mol. The second-order valence-electron chi connectivity index (χ2n) is 9.71. The Morgan fingerprint density at radius 2 is 1.87 bits per heavy atom. The first-order valence-corrected chi connectivity index (χ1v) is 11.1. The molecule has 3 aromatic rings. The van der Waals surface area contributed by atoms with Crippen LogP contribution in [0.15, 0.2) is 35.3 Å². The van der Waals surface area contributed by atoms with E-state index < -0.39 is 0 Å². The van der Waals surface area contributed by atoms with Crippen molar-refractivity contribution in [3.8, 4) is 0 Å². The summed E-state index contributed by atoms with van der Waals surface area (Å²) in [4.78, 5) is 30.1. The van der Waals surface area contributed by atoms with E-state index in [2.05, 4.69) is 10.3 Å². The topological polar surface area (TPSA) is 83.0 Å². The molecule has 0 bridgehead atoms. The second kappa shape index (κ2) is 7.25. The van der Waals surface area contributed by atoms with Gasteiger partial charge < -0.3 is 15.2 Å². The SMILES string of the molecule is CC(C)(C)N1Cc2cc(Nc3nn(C4CCCCC4)c4cc[nH]c(=O)c34)ccc2C1=O. The van der Waals surface area contributed by atoms with Crippen LogP contribution in [0, 0.1) is 0 Å². The number of amides is 1. The third-order valence-electron chi connectivity index (χ3n) is 6.53. The van der Waals surface area contributed by atoms with Gasteiger partial charge in [-0.05, 0) is 63.4 Å². The zero-order chi connectivity index (χ0) is 21.8. The number of nitrogens with zero attached hydrogens (tertiary/aromatic N) is 3. The molecule has 1 aromatic carbocycles. The predicted molar refractivity (Wildman–Crippen MR) is 122 cm³/mol. The molecule has 0 saturated heterocycles. The summed E-state index contributed by atoms with van der Waals surface area (Å²) in [5.41, 5.74) is 3.07. The summed E-state index contributed by atoms with van der Waals surface area (Å²) in [6, 6.07) is 8.03. The lowest BCUT2D eigenvalue weighted by Gasteiger charge is -2.31. The monoisotopic (exact) mass is 419 g/mol. The third-order valence-corrected chi connectivity index (χ3v) is 6.53. The van der Waals surface area contributed by atoms with Gasteiger partial charge in [-0.25, -0.2) is 0 Å². The minimum absolute atomic E-state index is 0.0671. The standard InChI is InChI=1S/C24H29N5O2/c1-24(2,3)28-14-15-13-16(9-10-18(15)23(28)31)26-21-20-19(11-12-25-22(20)30)29(27-21)17-7-5-4-6-8-17/h9-13,17H,4-8,14H2,1-3H3,(H,25,30)(H,26,27). The van der Waals surface area contributed by atoms with E-state index in [1.165, 1.54) is 19.3 Å². The molecule has 0 radical (unpaired) electrons. The molecule has 0 unspecified atom stereocenters. The lowest BCUT2D eigenvalue weighted by atomic mass is 9.95. The van der Waals surface area contributed by atoms with Crippen molar-refractivity contribution in [2.45, 2.75) is 71.0 Å². The first-order chi connectivity index (χ1) is 14.8. The number of carbonyl (C=O) groups excluding carboxylic acids is 1. The van der Waals surface area contributed by atoms with Crippen molar-refractivity contribution in [3.05, 3.63) is 51.9 Å². The lowest BCUT2D eigenvalue weighted by Crippen LogP contribution is -2.41. The molecule has 2 aromatic heterocycles. The van der Waals surface area contributed by atoms with Crippen molar-refractivity contribution in [2.75, 3.05) is 5.32 Å². The number of hydrogen-bond donors (Lipinski definition) is 2. The van der Waals surface area contributed by atoms with E-state index in [0.717, 1.165) is 35.2 Å². The van der Waals surface area contributed by atoms with E-state index in [-0.39, 0.29) is 17.0 Å². The number of aromatic amines is 1. The summed E-state index contributed by atoms with van der Waals surface area (Å²) in [6.07, 6.45) is 7.53. The highest BCUT2D eigenvalue weighted by atomic mass is 16.2. The van der Waals surface area contributed by atoms with Crippen molar-refractivity contribution in [1.29, 1.82) is 0 Å². The highest BCUT2D eigenvalue weighted by Gasteiger charge is 2.34. The van der Waals surface area contributed by atoms with E-state index in [1.54, 1.807) is 6.20 Å². The molecule has 7 nitrogen and oxygen atoms in total. The molecule has 5 rings (SSSR count). The number of anilines is 2. The fourth-order valence-corrected chi connectivity index (χ4v) is 4.87. The summed E-state index contributed by atoms with van der Waals surface area (Å²) in [7, 11) is 0. The summed E-state index contributed by atoms with van der Waals surface area (Å²) >= 11 is 0. The van der Waals surface area contributed by atoms with Gasteiger partial charge in [0, 0.05) is 29.5 Å². The summed E-state index contributed by atoms with van der Waals surface area (Å²) in [5.74, 6) is 0.636. The molecule has 1 amide bonds. The van der Waals surface area contributed by atoms with Gasteiger partial charge in [-0.15, -0.1) is 0 Å². The van der Waals surface area contributed by atoms with E-state index in [4.69, 9.17) is 5.10 Å². The third kappa shape index (κ3) is 3.42. The van der Waals surface area contributed by atoms with E-state index in [1.807, 2.05) is 54.6 Å². The maximum Gasteiger partial charge on any atom is 0.261 e. The van der Waals surface area contributed by atoms with Crippen molar-refractivity contribution in [2.24, 2.45) is 0 Å². The van der Waals surface area contributed by atoms with Crippen LogP contribution in [0.4, 0.5) is 11.5 Å². The van der Waals surface area contributed by atoms with Crippen LogP contribution in [0.2, 0.25) is 0 Å². The Balaban J connectivity index is 1.51. The van der Waals surface area contributed by atoms with Crippen LogP contribution >= 0.6 is 0 Å². The molecule has 0 spiro atoms. The summed E-state index contributed by atoms with van der Waals surface area (Å²) in [5, 5.41) is 8.79. The molecular formula is C24H29N5O2. The van der Waals surface area contributed by atoms with Crippen molar-refractivity contribution >= 4 is 28.3 Å². The second-order valence-corrected chi connectivity index (χ2v) is 9.71. The molecule has 1 aliphatic heterocycles. The van der Waals surface area contributed by atoms with Gasteiger partial charge in [-0.1, -0.05) is 19.3 Å². The largest absolute Gasteiger partial charge is 0.338 e. The van der Waals surface area contributed by atoms with Crippen molar-refractivity contribution in [3.63, 3.8) is 0 Å². The number of rotatable bonds is 3. The number of nitrogens with one attached hydrogen (secondary N) is 2. The van der Waals surface area contributed by atoms with Crippen molar-refractivity contribution in [1.82, 2.24) is 19.7 Å². The fraction of sp³-hybridized carbons (Fsp3) is 0.458. The summed E-state index contributed by atoms with van der Waals surface area (Å²) in [6.45, 7) is 6.73. The smallest absolute Gasteiger partial charge is 0.261 e. The number of pyridine rings is 1. The predicted octanol–water partition coefficient (Wildman–Crippen LogP) is 4.73. The normalized spacial score (nSPS) is 17.4. The number of aromatic nitrogens is 3. The average Bonchev–Trinajstić information content (AvgIpc) is 3.27. The Kier molecular flexibility index (Phi) is 4.64. The first kappa shape index (κ1) is 19.8. The van der Waals surface area contributed by atoms with Crippen LogP contribution in [0.1, 0.15) is 74.8 Å². The number of benzene rings is 1. The van der Waals surface area contributed by atoms with Gasteiger partial charge in [0.1, 0.15) is 5.39 Å². The van der Waals surface area contributed by atoms with Crippen LogP contribution in [-0.4, -0.2) is 31.1 Å². The molecule has 7 heteroatoms. The molecule has 1 fully saturated rings. The Hall–Kier alpha value is -3.09. The van der Waals surface area contributed by atoms with Crippen LogP contribution in [0.5, 0.6) is 0 Å². The fourth-order valence-electron chi connectivity index (χ4n) is 4.87. The van der Waals surface area contributed by atoms with Crippen molar-refractivity contribution < 1.29 is 4.79 Å². The Morgan fingerprint density at radius 3 is 2.61 bits per heavy atom. The zero-order valence-corrected chi connectivity index (χ0v) is 18.4. The molecule has 3 heterocycles. The van der Waals surface area contributed by atoms with Crippen LogP contribution < -0.4 is 10.9 Å². The van der Waals surface area contributed by atoms with Gasteiger partial charge >= 0.3 is 0 Å². The first-order valence-electron chi connectivity index (χ1n) is 11.1. The van der Waals surface area contributed by atoms with Gasteiger partial charge in [0.2, 0.25) is 0 Å². The lowest BCUT2D eigenvalue weighted by molar-refractivity contribution is 0.0609. The van der Waals surface area contributed by atoms with Gasteiger partial charge in [0.25, 0.3) is 11.5 Å². The van der Waals surface area contributed by atoms with Gasteiger partial charge in [-0.3, -0.25) is 14.3 Å². The molecule has 2 aliphatic rings. The maximum atomic E-state index is 12.8. The highest BCUT2D eigenvalue weighted by Crippen LogP contribution is 2.34. The molecule has 0 atom stereocenters. The molecule has 31 heavy (non-hydrogen) atoms. The Morgan fingerprint density at radius 1 is 1.10 bits per heavy atom. The molecular weight excluding hydrogens is 390 g/mol. The molecule has 1 saturated carbocycles. The molecule has 1 aliphatic carbocycles. The van der Waals surface area contributed by atoms with Gasteiger partial charge in [0.15, 0.2) is 5.82 Å². The quantitative estimate of drug-likeness (QED) is 0.643. The number of H-pyrrole nitrogens is 1. The molecule has 162 valence electrons. The minimum atomic E-state index is -0.230. The number of fused-ring (bicyclic) bond motifs is 2. The number of hydrogen-bond acceptors (Lipinski definition) is 4. The highest BCUT2D eigenvalue weighted by molar-refractivity contribution is 5.99.